The number of hydrogen-bond donors (Lipinski definition) is 2. The summed E-state index contributed by atoms with van der Waals surface area (Å²) in [7, 11) is 0. The van der Waals surface area contributed by atoms with Gasteiger partial charge in [-0.3, -0.25) is 9.78 Å². The molecule has 1 aromatic carbocycles. The predicted molar refractivity (Wildman–Crippen MR) is 85.0 cm³/mol. The van der Waals surface area contributed by atoms with Crippen molar-refractivity contribution in [1.29, 1.82) is 0 Å². The van der Waals surface area contributed by atoms with Gasteiger partial charge in [-0.1, -0.05) is 15.9 Å². The summed E-state index contributed by atoms with van der Waals surface area (Å²) >= 11 is 3.39. The van der Waals surface area contributed by atoms with Gasteiger partial charge in [-0.15, -0.1) is 0 Å². The quantitative estimate of drug-likeness (QED) is 0.764. The largest absolute Gasteiger partial charge is 0.480 e. The van der Waals surface area contributed by atoms with Gasteiger partial charge in [-0.25, -0.2) is 4.79 Å². The summed E-state index contributed by atoms with van der Waals surface area (Å²) in [4.78, 5) is 27.0. The average molecular weight is 367 g/mol. The molecule has 0 radical (unpaired) electrons. The number of aliphatic carboxylic acids is 1. The van der Waals surface area contributed by atoms with Crippen LogP contribution in [0.15, 0.2) is 28.7 Å². The molecule has 7 heteroatoms. The van der Waals surface area contributed by atoms with Crippen molar-refractivity contribution < 1.29 is 19.4 Å². The first-order valence-electron chi connectivity index (χ1n) is 6.62. The second kappa shape index (κ2) is 7.33. The zero-order chi connectivity index (χ0) is 16.1. The maximum atomic E-state index is 12.3. The fourth-order valence-electron chi connectivity index (χ4n) is 2.01. The van der Waals surface area contributed by atoms with Gasteiger partial charge in [0.05, 0.1) is 17.7 Å². The number of rotatable bonds is 6. The van der Waals surface area contributed by atoms with Gasteiger partial charge >= 0.3 is 5.97 Å². The summed E-state index contributed by atoms with van der Waals surface area (Å²) in [6.45, 7) is 1.83. The van der Waals surface area contributed by atoms with Crippen molar-refractivity contribution in [3.63, 3.8) is 0 Å². The Labute approximate surface area is 135 Å². The maximum absolute atomic E-state index is 12.3. The summed E-state index contributed by atoms with van der Waals surface area (Å²) in [5.74, 6) is -1.28. The molecule has 1 aromatic heterocycles. The fourth-order valence-corrected chi connectivity index (χ4v) is 2.37. The minimum Gasteiger partial charge on any atom is -0.480 e. The molecule has 0 atom stereocenters. The van der Waals surface area contributed by atoms with Crippen LogP contribution in [0.4, 0.5) is 0 Å². The van der Waals surface area contributed by atoms with Crippen molar-refractivity contribution in [2.45, 2.75) is 6.92 Å². The third kappa shape index (κ3) is 4.25. The number of benzene rings is 1. The number of ether oxygens (including phenoxy) is 1. The monoisotopic (exact) mass is 366 g/mol. The molecule has 1 heterocycles. The number of nitrogens with one attached hydrogen (secondary N) is 1. The zero-order valence-electron chi connectivity index (χ0n) is 11.9. The number of carbonyl (C=O) groups is 2. The van der Waals surface area contributed by atoms with E-state index in [1.807, 2.05) is 25.1 Å². The average Bonchev–Trinajstić information content (AvgIpc) is 2.46. The molecule has 2 rings (SSSR count). The lowest BCUT2D eigenvalue weighted by Crippen LogP contribution is -2.28. The van der Waals surface area contributed by atoms with Crippen LogP contribution < -0.4 is 5.32 Å². The molecule has 0 bridgehead atoms. The molecule has 0 fully saturated rings. The zero-order valence-corrected chi connectivity index (χ0v) is 13.5. The van der Waals surface area contributed by atoms with E-state index in [1.165, 1.54) is 0 Å². The number of nitrogens with zero attached hydrogens (tertiary/aromatic N) is 1. The normalized spacial score (nSPS) is 10.6. The molecule has 2 aromatic rings. The second-order valence-corrected chi connectivity index (χ2v) is 5.59. The van der Waals surface area contributed by atoms with Crippen molar-refractivity contribution >= 4 is 38.7 Å². The highest BCUT2D eigenvalue weighted by molar-refractivity contribution is 9.10. The molecule has 0 aliphatic heterocycles. The van der Waals surface area contributed by atoms with Crippen LogP contribution in [-0.2, 0) is 9.53 Å². The van der Waals surface area contributed by atoms with Gasteiger partial charge in [-0.05, 0) is 31.2 Å². The fraction of sp³-hybridized carbons (Fsp3) is 0.267. The molecule has 0 saturated carbocycles. The van der Waals surface area contributed by atoms with E-state index in [4.69, 9.17) is 9.84 Å². The number of hydrogen-bond acceptors (Lipinski definition) is 4. The standard InChI is InChI=1S/C15H15BrN2O4/c1-9-6-12(11-7-10(16)2-3-13(11)18-9)15(21)17-4-5-22-8-14(19)20/h2-3,6-7H,4-5,8H2,1H3,(H,17,21)(H,19,20). The van der Waals surface area contributed by atoms with Crippen molar-refractivity contribution in [1.82, 2.24) is 10.3 Å². The van der Waals surface area contributed by atoms with Crippen LogP contribution in [0.2, 0.25) is 0 Å². The number of pyridine rings is 1. The molecular formula is C15H15BrN2O4. The van der Waals surface area contributed by atoms with E-state index in [1.54, 1.807) is 6.07 Å². The Morgan fingerprint density at radius 1 is 1.36 bits per heavy atom. The summed E-state index contributed by atoms with van der Waals surface area (Å²) < 4.78 is 5.74. The van der Waals surface area contributed by atoms with Gasteiger partial charge < -0.3 is 15.2 Å². The predicted octanol–water partition coefficient (Wildman–Crippen LogP) is 2.14. The van der Waals surface area contributed by atoms with E-state index in [0.717, 1.165) is 21.1 Å². The van der Waals surface area contributed by atoms with Gasteiger partial charge in [0.2, 0.25) is 0 Å². The second-order valence-electron chi connectivity index (χ2n) is 4.67. The summed E-state index contributed by atoms with van der Waals surface area (Å²) in [6, 6.07) is 7.29. The molecule has 6 nitrogen and oxygen atoms in total. The van der Waals surface area contributed by atoms with Crippen LogP contribution in [0.5, 0.6) is 0 Å². The lowest BCUT2D eigenvalue weighted by atomic mass is 10.1. The summed E-state index contributed by atoms with van der Waals surface area (Å²) in [5, 5.41) is 11.9. The Morgan fingerprint density at radius 3 is 2.86 bits per heavy atom. The molecule has 0 unspecified atom stereocenters. The molecule has 2 N–H and O–H groups in total. The van der Waals surface area contributed by atoms with E-state index in [9.17, 15) is 9.59 Å². The van der Waals surface area contributed by atoms with Gasteiger partial charge in [0.1, 0.15) is 6.61 Å². The van der Waals surface area contributed by atoms with Crippen LogP contribution in [0, 0.1) is 6.92 Å². The highest BCUT2D eigenvalue weighted by atomic mass is 79.9. The van der Waals surface area contributed by atoms with Gasteiger partial charge in [-0.2, -0.15) is 0 Å². The minimum absolute atomic E-state index is 0.143. The number of carbonyl (C=O) groups excluding carboxylic acids is 1. The number of aryl methyl sites for hydroxylation is 1. The SMILES string of the molecule is Cc1cc(C(=O)NCCOCC(=O)O)c2cc(Br)ccc2n1. The van der Waals surface area contributed by atoms with Crippen molar-refractivity contribution in [3.8, 4) is 0 Å². The van der Waals surface area contributed by atoms with Crippen molar-refractivity contribution in [2.75, 3.05) is 19.8 Å². The van der Waals surface area contributed by atoms with Crippen LogP contribution in [0.1, 0.15) is 16.1 Å². The minimum atomic E-state index is -1.04. The van der Waals surface area contributed by atoms with E-state index in [2.05, 4.69) is 26.2 Å². The first kappa shape index (κ1) is 16.4. The maximum Gasteiger partial charge on any atom is 0.329 e. The number of amides is 1. The Bertz CT molecular complexity index is 718. The van der Waals surface area contributed by atoms with E-state index >= 15 is 0 Å². The first-order valence-corrected chi connectivity index (χ1v) is 7.41. The van der Waals surface area contributed by atoms with Crippen LogP contribution in [0.3, 0.4) is 0 Å². The van der Waals surface area contributed by atoms with E-state index in [-0.39, 0.29) is 25.7 Å². The molecule has 0 aliphatic carbocycles. The number of aromatic nitrogens is 1. The van der Waals surface area contributed by atoms with E-state index in [0.29, 0.717) is 5.56 Å². The molecule has 0 spiro atoms. The van der Waals surface area contributed by atoms with Crippen LogP contribution in [-0.4, -0.2) is 41.7 Å². The number of carboxylic acids is 1. The van der Waals surface area contributed by atoms with Gasteiger partial charge in [0.15, 0.2) is 0 Å². The topological polar surface area (TPSA) is 88.5 Å². The molecule has 0 saturated heterocycles. The first-order chi connectivity index (χ1) is 10.5. The highest BCUT2D eigenvalue weighted by Gasteiger charge is 2.12. The highest BCUT2D eigenvalue weighted by Crippen LogP contribution is 2.22. The Kier molecular flexibility index (Phi) is 5.46. The third-order valence-electron chi connectivity index (χ3n) is 2.90. The molecule has 22 heavy (non-hydrogen) atoms. The molecular weight excluding hydrogens is 352 g/mol. The summed E-state index contributed by atoms with van der Waals surface area (Å²) in [5.41, 5.74) is 2.03. The summed E-state index contributed by atoms with van der Waals surface area (Å²) in [6.07, 6.45) is 0. The smallest absolute Gasteiger partial charge is 0.329 e. The Hall–Kier alpha value is -1.99. The number of halogens is 1. The van der Waals surface area contributed by atoms with Crippen LogP contribution >= 0.6 is 15.9 Å². The lowest BCUT2D eigenvalue weighted by molar-refractivity contribution is -0.142. The van der Waals surface area contributed by atoms with Crippen molar-refractivity contribution in [3.05, 3.63) is 40.0 Å². The Morgan fingerprint density at radius 2 is 2.14 bits per heavy atom. The van der Waals surface area contributed by atoms with Gasteiger partial charge in [0.25, 0.3) is 5.91 Å². The van der Waals surface area contributed by atoms with Crippen molar-refractivity contribution in [2.24, 2.45) is 0 Å². The lowest BCUT2D eigenvalue weighted by Gasteiger charge is -2.09. The molecule has 116 valence electrons. The number of carboxylic acid groups (broad SMARTS) is 1. The molecule has 1 amide bonds. The Balaban J connectivity index is 2.10. The van der Waals surface area contributed by atoms with E-state index < -0.39 is 5.97 Å². The molecule has 0 aliphatic rings. The number of fused-ring (bicyclic) bond motifs is 1. The third-order valence-corrected chi connectivity index (χ3v) is 3.39. The van der Waals surface area contributed by atoms with Gasteiger partial charge in [0, 0.05) is 22.1 Å². The van der Waals surface area contributed by atoms with Crippen LogP contribution in [0.25, 0.3) is 10.9 Å².